The van der Waals surface area contributed by atoms with Gasteiger partial charge in [-0.25, -0.2) is 0 Å². The zero-order valence-electron chi connectivity index (χ0n) is 11.1. The van der Waals surface area contributed by atoms with E-state index in [2.05, 4.69) is 5.32 Å². The zero-order chi connectivity index (χ0) is 13.7. The van der Waals surface area contributed by atoms with Crippen LogP contribution < -0.4 is 20.5 Å². The molecule has 1 aliphatic rings. The maximum absolute atomic E-state index is 11.6. The molecule has 2 rings (SSSR count). The van der Waals surface area contributed by atoms with Gasteiger partial charge in [0.25, 0.3) is 5.91 Å². The lowest BCUT2D eigenvalue weighted by Crippen LogP contribution is -2.30. The van der Waals surface area contributed by atoms with Crippen LogP contribution in [0.5, 0.6) is 11.5 Å². The lowest BCUT2D eigenvalue weighted by molar-refractivity contribution is -0.123. The van der Waals surface area contributed by atoms with Gasteiger partial charge >= 0.3 is 0 Å². The van der Waals surface area contributed by atoms with Crippen LogP contribution in [0.3, 0.4) is 0 Å². The molecule has 5 heteroatoms. The van der Waals surface area contributed by atoms with Gasteiger partial charge < -0.3 is 20.5 Å². The number of hydrogen-bond donors (Lipinski definition) is 2. The van der Waals surface area contributed by atoms with Crippen LogP contribution in [0.2, 0.25) is 0 Å². The summed E-state index contributed by atoms with van der Waals surface area (Å²) in [4.78, 5) is 11.6. The fraction of sp³-hybridized carbons (Fsp3) is 0.500. The normalized spacial score (nSPS) is 14.0. The smallest absolute Gasteiger partial charge is 0.258 e. The molecule has 0 aromatic heterocycles. The number of carbonyl (C=O) groups excluding carboxylic acids is 1. The predicted molar refractivity (Wildman–Crippen MR) is 72.4 cm³/mol. The topological polar surface area (TPSA) is 73.6 Å². The van der Waals surface area contributed by atoms with Gasteiger partial charge in [-0.1, -0.05) is 0 Å². The largest absolute Gasteiger partial charge is 0.497 e. The molecule has 0 saturated heterocycles. The molecular formula is C14H20N2O3. The van der Waals surface area contributed by atoms with Gasteiger partial charge in [-0.2, -0.15) is 0 Å². The number of rotatable bonds is 7. The molecule has 5 nitrogen and oxygen atoms in total. The van der Waals surface area contributed by atoms with Crippen molar-refractivity contribution in [2.75, 3.05) is 20.3 Å². The van der Waals surface area contributed by atoms with Crippen LogP contribution in [0.4, 0.5) is 0 Å². The van der Waals surface area contributed by atoms with Gasteiger partial charge in [0.05, 0.1) is 7.11 Å². The molecule has 0 spiro atoms. The Morgan fingerprint density at radius 2 is 2.26 bits per heavy atom. The molecule has 1 amide bonds. The second-order valence-electron chi connectivity index (χ2n) is 4.64. The SMILES string of the molecule is COc1ccc(OCC(=O)NC2CC2)c(CCN)c1. The first-order chi connectivity index (χ1) is 9.22. The number of benzene rings is 1. The standard InChI is InChI=1S/C14H20N2O3/c1-18-12-4-5-13(10(8-12)6-7-15)19-9-14(17)16-11-2-3-11/h4-5,8,11H,2-3,6-7,9,15H2,1H3,(H,16,17). The van der Waals surface area contributed by atoms with Crippen LogP contribution in [-0.2, 0) is 11.2 Å². The molecule has 19 heavy (non-hydrogen) atoms. The van der Waals surface area contributed by atoms with Gasteiger partial charge in [0.2, 0.25) is 0 Å². The van der Waals surface area contributed by atoms with Crippen LogP contribution in [-0.4, -0.2) is 32.2 Å². The Morgan fingerprint density at radius 3 is 2.89 bits per heavy atom. The number of nitrogens with two attached hydrogens (primary N) is 1. The van der Waals surface area contributed by atoms with E-state index in [9.17, 15) is 4.79 Å². The Morgan fingerprint density at radius 1 is 1.47 bits per heavy atom. The third kappa shape index (κ3) is 4.13. The minimum Gasteiger partial charge on any atom is -0.497 e. The van der Waals surface area contributed by atoms with E-state index in [1.807, 2.05) is 18.2 Å². The summed E-state index contributed by atoms with van der Waals surface area (Å²) in [7, 11) is 1.62. The van der Waals surface area contributed by atoms with Crippen molar-refractivity contribution < 1.29 is 14.3 Å². The molecule has 0 aliphatic heterocycles. The summed E-state index contributed by atoms with van der Waals surface area (Å²) in [5.74, 6) is 1.38. The summed E-state index contributed by atoms with van der Waals surface area (Å²) in [5, 5.41) is 2.88. The molecule has 1 fully saturated rings. The molecule has 1 aromatic carbocycles. The molecule has 0 unspecified atom stereocenters. The van der Waals surface area contributed by atoms with Crippen LogP contribution in [0.1, 0.15) is 18.4 Å². The molecule has 104 valence electrons. The van der Waals surface area contributed by atoms with Crippen LogP contribution in [0.25, 0.3) is 0 Å². The van der Waals surface area contributed by atoms with Gasteiger partial charge in [0, 0.05) is 6.04 Å². The van der Waals surface area contributed by atoms with E-state index in [-0.39, 0.29) is 12.5 Å². The Labute approximate surface area is 113 Å². The molecule has 0 heterocycles. The highest BCUT2D eigenvalue weighted by atomic mass is 16.5. The lowest BCUT2D eigenvalue weighted by atomic mass is 10.1. The molecule has 1 aromatic rings. The van der Waals surface area contributed by atoms with Crippen molar-refractivity contribution in [3.05, 3.63) is 23.8 Å². The maximum Gasteiger partial charge on any atom is 0.258 e. The van der Waals surface area contributed by atoms with Crippen molar-refractivity contribution >= 4 is 5.91 Å². The summed E-state index contributed by atoms with van der Waals surface area (Å²) in [6.45, 7) is 0.568. The Bertz CT molecular complexity index is 444. The van der Waals surface area contributed by atoms with E-state index in [4.69, 9.17) is 15.2 Å². The number of amides is 1. The minimum atomic E-state index is -0.0722. The van der Waals surface area contributed by atoms with E-state index >= 15 is 0 Å². The quantitative estimate of drug-likeness (QED) is 0.766. The van der Waals surface area contributed by atoms with Crippen molar-refractivity contribution in [2.24, 2.45) is 5.73 Å². The number of hydrogen-bond acceptors (Lipinski definition) is 4. The highest BCUT2D eigenvalue weighted by molar-refractivity contribution is 5.78. The van der Waals surface area contributed by atoms with Gasteiger partial charge in [-0.15, -0.1) is 0 Å². The molecule has 3 N–H and O–H groups in total. The van der Waals surface area contributed by atoms with Gasteiger partial charge in [0.1, 0.15) is 11.5 Å². The third-order valence-corrected chi connectivity index (χ3v) is 2.98. The van der Waals surface area contributed by atoms with Gasteiger partial charge in [-0.05, 0) is 49.6 Å². The first-order valence-corrected chi connectivity index (χ1v) is 6.52. The fourth-order valence-electron chi connectivity index (χ4n) is 1.81. The monoisotopic (exact) mass is 264 g/mol. The second kappa shape index (κ2) is 6.43. The average molecular weight is 264 g/mol. The number of ether oxygens (including phenoxy) is 2. The lowest BCUT2D eigenvalue weighted by Gasteiger charge is -2.12. The molecular weight excluding hydrogens is 244 g/mol. The zero-order valence-corrected chi connectivity index (χ0v) is 11.1. The average Bonchev–Trinajstić information content (AvgIpc) is 3.21. The van der Waals surface area contributed by atoms with Crippen LogP contribution in [0, 0.1) is 0 Å². The van der Waals surface area contributed by atoms with E-state index in [0.717, 1.165) is 24.2 Å². The van der Waals surface area contributed by atoms with Crippen LogP contribution >= 0.6 is 0 Å². The van der Waals surface area contributed by atoms with Crippen LogP contribution in [0.15, 0.2) is 18.2 Å². The van der Waals surface area contributed by atoms with E-state index in [1.165, 1.54) is 0 Å². The first kappa shape index (κ1) is 13.7. The minimum absolute atomic E-state index is 0.0421. The van der Waals surface area contributed by atoms with Crippen molar-refractivity contribution in [3.8, 4) is 11.5 Å². The Hall–Kier alpha value is -1.75. The van der Waals surface area contributed by atoms with Gasteiger partial charge in [-0.3, -0.25) is 4.79 Å². The second-order valence-corrected chi connectivity index (χ2v) is 4.64. The summed E-state index contributed by atoms with van der Waals surface area (Å²) >= 11 is 0. The first-order valence-electron chi connectivity index (χ1n) is 6.52. The molecule has 1 aliphatic carbocycles. The maximum atomic E-state index is 11.6. The van der Waals surface area contributed by atoms with E-state index in [1.54, 1.807) is 7.11 Å². The summed E-state index contributed by atoms with van der Waals surface area (Å²) in [6, 6.07) is 5.87. The molecule has 1 saturated carbocycles. The highest BCUT2D eigenvalue weighted by Crippen LogP contribution is 2.24. The van der Waals surface area contributed by atoms with Gasteiger partial charge in [0.15, 0.2) is 6.61 Å². The number of carbonyl (C=O) groups is 1. The summed E-state index contributed by atoms with van der Waals surface area (Å²) in [5.41, 5.74) is 6.53. The van der Waals surface area contributed by atoms with Crippen molar-refractivity contribution in [2.45, 2.75) is 25.3 Å². The van der Waals surface area contributed by atoms with E-state index < -0.39 is 0 Å². The van der Waals surface area contributed by atoms with Crippen molar-refractivity contribution in [1.82, 2.24) is 5.32 Å². The Balaban J connectivity index is 1.95. The molecule has 0 radical (unpaired) electrons. The van der Waals surface area contributed by atoms with E-state index in [0.29, 0.717) is 24.8 Å². The third-order valence-electron chi connectivity index (χ3n) is 2.98. The Kier molecular flexibility index (Phi) is 4.63. The van der Waals surface area contributed by atoms with Crippen molar-refractivity contribution in [3.63, 3.8) is 0 Å². The summed E-state index contributed by atoms with van der Waals surface area (Å²) in [6.07, 6.45) is 2.84. The molecule has 0 atom stereocenters. The number of methoxy groups -OCH3 is 1. The number of nitrogens with one attached hydrogen (secondary N) is 1. The summed E-state index contributed by atoms with van der Waals surface area (Å²) < 4.78 is 10.7. The van der Waals surface area contributed by atoms with Crippen molar-refractivity contribution in [1.29, 1.82) is 0 Å². The fourth-order valence-corrected chi connectivity index (χ4v) is 1.81. The molecule has 0 bridgehead atoms. The predicted octanol–water partition coefficient (Wildman–Crippen LogP) is 0.854. The highest BCUT2D eigenvalue weighted by Gasteiger charge is 2.23.